The van der Waals surface area contributed by atoms with Crippen LogP contribution in [0.1, 0.15) is 18.9 Å². The number of rotatable bonds is 2. The summed E-state index contributed by atoms with van der Waals surface area (Å²) in [6, 6.07) is 10.5. The minimum atomic E-state index is -0.00917. The summed E-state index contributed by atoms with van der Waals surface area (Å²) in [5, 5.41) is 0. The molecular formula is C12H16N2. The van der Waals surface area contributed by atoms with Crippen molar-refractivity contribution in [1.29, 1.82) is 0 Å². The normalized spacial score (nSPS) is 24.4. The number of amidine groups is 1. The molecule has 0 saturated carbocycles. The second kappa shape index (κ2) is 3.12. The summed E-state index contributed by atoms with van der Waals surface area (Å²) < 4.78 is 0. The Morgan fingerprint density at radius 2 is 1.86 bits per heavy atom. The van der Waals surface area contributed by atoms with E-state index in [0.717, 1.165) is 6.42 Å². The first kappa shape index (κ1) is 9.25. The van der Waals surface area contributed by atoms with E-state index in [0.29, 0.717) is 0 Å². The van der Waals surface area contributed by atoms with Crippen LogP contribution in [0.15, 0.2) is 35.3 Å². The Hall–Kier alpha value is -1.31. The number of nitrogens with zero attached hydrogens (tertiary/aromatic N) is 2. The summed E-state index contributed by atoms with van der Waals surface area (Å²) in [6.07, 6.45) is 1.05. The SMILES string of the molecule is CCC1(c2ccccc2)N=C1N(C)C. The molecular weight excluding hydrogens is 172 g/mol. The van der Waals surface area contributed by atoms with Crippen molar-refractivity contribution in [3.05, 3.63) is 35.9 Å². The topological polar surface area (TPSA) is 15.6 Å². The molecule has 14 heavy (non-hydrogen) atoms. The van der Waals surface area contributed by atoms with Crippen LogP contribution in [-0.4, -0.2) is 24.8 Å². The average molecular weight is 188 g/mol. The fraction of sp³-hybridized carbons (Fsp3) is 0.417. The molecule has 1 aromatic carbocycles. The zero-order valence-electron chi connectivity index (χ0n) is 8.99. The maximum absolute atomic E-state index is 4.62. The fourth-order valence-corrected chi connectivity index (χ4v) is 1.97. The summed E-state index contributed by atoms with van der Waals surface area (Å²) in [6.45, 7) is 2.19. The number of aliphatic imine (C=N–C) groups is 1. The van der Waals surface area contributed by atoms with Crippen LogP contribution < -0.4 is 0 Å². The molecule has 0 aliphatic carbocycles. The van der Waals surface area contributed by atoms with Crippen LogP contribution in [-0.2, 0) is 5.54 Å². The van der Waals surface area contributed by atoms with Crippen molar-refractivity contribution in [2.75, 3.05) is 14.1 Å². The van der Waals surface area contributed by atoms with E-state index in [9.17, 15) is 0 Å². The van der Waals surface area contributed by atoms with E-state index >= 15 is 0 Å². The molecule has 0 fully saturated rings. The first-order valence-corrected chi connectivity index (χ1v) is 5.04. The van der Waals surface area contributed by atoms with Gasteiger partial charge in [0.15, 0.2) is 0 Å². The first-order valence-electron chi connectivity index (χ1n) is 5.04. The van der Waals surface area contributed by atoms with Gasteiger partial charge in [-0.2, -0.15) is 0 Å². The van der Waals surface area contributed by atoms with Gasteiger partial charge >= 0.3 is 0 Å². The van der Waals surface area contributed by atoms with E-state index in [1.54, 1.807) is 0 Å². The molecule has 0 bridgehead atoms. The predicted molar refractivity (Wildman–Crippen MR) is 59.5 cm³/mol. The molecule has 0 N–H and O–H groups in total. The molecule has 1 atom stereocenters. The molecule has 0 saturated heterocycles. The molecule has 2 nitrogen and oxygen atoms in total. The summed E-state index contributed by atoms with van der Waals surface area (Å²) in [4.78, 5) is 6.72. The number of likely N-dealkylation sites (N-methyl/N-ethyl adjacent to an activating group) is 1. The molecule has 0 amide bonds. The third-order valence-corrected chi connectivity index (χ3v) is 2.80. The molecule has 1 aromatic rings. The van der Waals surface area contributed by atoms with Gasteiger partial charge < -0.3 is 4.90 Å². The molecule has 1 unspecified atom stereocenters. The standard InChI is InChI=1S/C12H16N2/c1-4-12(11(13-12)14(2)3)10-8-6-5-7-9-10/h5-9H,4H2,1-3H3. The number of hydrogen-bond acceptors (Lipinski definition) is 2. The lowest BCUT2D eigenvalue weighted by Gasteiger charge is -2.16. The Morgan fingerprint density at radius 3 is 2.29 bits per heavy atom. The van der Waals surface area contributed by atoms with Gasteiger partial charge in [-0.05, 0) is 12.0 Å². The highest BCUT2D eigenvalue weighted by Gasteiger charge is 2.48. The molecule has 0 spiro atoms. The highest BCUT2D eigenvalue weighted by molar-refractivity contribution is 6.03. The molecule has 1 heterocycles. The maximum atomic E-state index is 4.62. The van der Waals surface area contributed by atoms with Crippen molar-refractivity contribution >= 4 is 5.84 Å². The molecule has 1 aliphatic heterocycles. The Morgan fingerprint density at radius 1 is 1.21 bits per heavy atom. The van der Waals surface area contributed by atoms with Crippen LogP contribution in [0.4, 0.5) is 0 Å². The lowest BCUT2D eigenvalue weighted by atomic mass is 9.93. The van der Waals surface area contributed by atoms with Gasteiger partial charge in [0.25, 0.3) is 0 Å². The third kappa shape index (κ3) is 1.22. The van der Waals surface area contributed by atoms with Crippen LogP contribution in [0.5, 0.6) is 0 Å². The summed E-state index contributed by atoms with van der Waals surface area (Å²) >= 11 is 0. The average Bonchev–Trinajstić information content (AvgIpc) is 2.95. The highest BCUT2D eigenvalue weighted by atomic mass is 15.3. The minimum Gasteiger partial charge on any atom is -0.364 e. The Kier molecular flexibility index (Phi) is 2.06. The summed E-state index contributed by atoms with van der Waals surface area (Å²) in [7, 11) is 4.11. The molecule has 0 radical (unpaired) electrons. The van der Waals surface area contributed by atoms with Crippen molar-refractivity contribution in [2.24, 2.45) is 4.99 Å². The Bertz CT molecular complexity index is 354. The molecule has 74 valence electrons. The van der Waals surface area contributed by atoms with E-state index in [2.05, 4.69) is 55.2 Å². The van der Waals surface area contributed by atoms with E-state index in [1.165, 1.54) is 11.4 Å². The van der Waals surface area contributed by atoms with Crippen molar-refractivity contribution in [3.63, 3.8) is 0 Å². The van der Waals surface area contributed by atoms with Crippen LogP contribution in [0.2, 0.25) is 0 Å². The smallest absolute Gasteiger partial charge is 0.144 e. The Labute approximate surface area is 85.3 Å². The molecule has 1 aliphatic rings. The lowest BCUT2D eigenvalue weighted by molar-refractivity contribution is 0.582. The molecule has 2 rings (SSSR count). The highest BCUT2D eigenvalue weighted by Crippen LogP contribution is 2.42. The zero-order valence-corrected chi connectivity index (χ0v) is 8.99. The van der Waals surface area contributed by atoms with E-state index in [4.69, 9.17) is 0 Å². The fourth-order valence-electron chi connectivity index (χ4n) is 1.97. The monoisotopic (exact) mass is 188 g/mol. The van der Waals surface area contributed by atoms with Gasteiger partial charge in [0.1, 0.15) is 11.4 Å². The van der Waals surface area contributed by atoms with E-state index in [-0.39, 0.29) is 5.54 Å². The van der Waals surface area contributed by atoms with Crippen molar-refractivity contribution < 1.29 is 0 Å². The van der Waals surface area contributed by atoms with Gasteiger partial charge in [0, 0.05) is 14.1 Å². The van der Waals surface area contributed by atoms with Crippen molar-refractivity contribution in [2.45, 2.75) is 18.9 Å². The maximum Gasteiger partial charge on any atom is 0.144 e. The third-order valence-electron chi connectivity index (χ3n) is 2.80. The predicted octanol–water partition coefficient (Wildman–Crippen LogP) is 2.27. The quantitative estimate of drug-likeness (QED) is 0.695. The molecule has 0 aromatic heterocycles. The van der Waals surface area contributed by atoms with Gasteiger partial charge in [0.05, 0.1) is 0 Å². The second-order valence-electron chi connectivity index (χ2n) is 3.91. The van der Waals surface area contributed by atoms with Gasteiger partial charge in [-0.1, -0.05) is 37.3 Å². The number of benzene rings is 1. The van der Waals surface area contributed by atoms with Crippen LogP contribution in [0, 0.1) is 0 Å². The van der Waals surface area contributed by atoms with Crippen molar-refractivity contribution in [3.8, 4) is 0 Å². The lowest BCUT2D eigenvalue weighted by Crippen LogP contribution is -2.26. The van der Waals surface area contributed by atoms with E-state index in [1.807, 2.05) is 6.07 Å². The van der Waals surface area contributed by atoms with Crippen LogP contribution in [0.3, 0.4) is 0 Å². The van der Waals surface area contributed by atoms with Gasteiger partial charge in [-0.25, -0.2) is 0 Å². The summed E-state index contributed by atoms with van der Waals surface area (Å²) in [5.41, 5.74) is 1.30. The van der Waals surface area contributed by atoms with Gasteiger partial charge in [-0.15, -0.1) is 0 Å². The first-order chi connectivity index (χ1) is 6.70. The van der Waals surface area contributed by atoms with Gasteiger partial charge in [-0.3, -0.25) is 4.99 Å². The zero-order chi connectivity index (χ0) is 10.2. The van der Waals surface area contributed by atoms with Crippen LogP contribution >= 0.6 is 0 Å². The second-order valence-corrected chi connectivity index (χ2v) is 3.91. The Balaban J connectivity index is 2.27. The minimum absolute atomic E-state index is 0.00917. The molecule has 2 heteroatoms. The summed E-state index contributed by atoms with van der Waals surface area (Å²) in [5.74, 6) is 1.20. The van der Waals surface area contributed by atoms with Crippen LogP contribution in [0.25, 0.3) is 0 Å². The van der Waals surface area contributed by atoms with Gasteiger partial charge in [0.2, 0.25) is 0 Å². The number of hydrogen-bond donors (Lipinski definition) is 0. The largest absolute Gasteiger partial charge is 0.364 e. The van der Waals surface area contributed by atoms with E-state index < -0.39 is 0 Å². The van der Waals surface area contributed by atoms with Crippen molar-refractivity contribution in [1.82, 2.24) is 4.90 Å².